The van der Waals surface area contributed by atoms with Crippen LogP contribution < -0.4 is 5.32 Å². The normalized spacial score (nSPS) is 21.1. The lowest BCUT2D eigenvalue weighted by Crippen LogP contribution is -2.58. The Morgan fingerprint density at radius 2 is 2.17 bits per heavy atom. The molecular weight excluding hydrogens is 299 g/mol. The highest BCUT2D eigenvalue weighted by atomic mass is 19.1. The van der Waals surface area contributed by atoms with E-state index in [9.17, 15) is 19.1 Å². The second-order valence-corrected chi connectivity index (χ2v) is 6.15. The van der Waals surface area contributed by atoms with Gasteiger partial charge in [-0.3, -0.25) is 9.59 Å². The molecule has 0 bridgehead atoms. The van der Waals surface area contributed by atoms with Gasteiger partial charge in [0, 0.05) is 20.0 Å². The zero-order chi connectivity index (χ0) is 17.0. The standard InChI is InChI=1S/C17H23FN2O3/c1-12-10-15(18)5-4-14(12)6-8-19-16(22)17(23)7-3-9-20(11-17)13(2)21/h4-5,10,23H,3,6-9,11H2,1-2H3,(H,19,22)/t17-/m0/s1. The highest BCUT2D eigenvalue weighted by molar-refractivity contribution is 5.86. The lowest BCUT2D eigenvalue weighted by atomic mass is 9.91. The fourth-order valence-electron chi connectivity index (χ4n) is 2.91. The summed E-state index contributed by atoms with van der Waals surface area (Å²) in [4.78, 5) is 25.2. The van der Waals surface area contributed by atoms with E-state index in [4.69, 9.17) is 0 Å². The molecule has 0 radical (unpaired) electrons. The second-order valence-electron chi connectivity index (χ2n) is 6.15. The monoisotopic (exact) mass is 322 g/mol. The van der Waals surface area contributed by atoms with E-state index in [1.807, 2.05) is 6.92 Å². The van der Waals surface area contributed by atoms with Crippen molar-refractivity contribution in [2.24, 2.45) is 0 Å². The number of benzene rings is 1. The van der Waals surface area contributed by atoms with Crippen LogP contribution in [0, 0.1) is 12.7 Å². The number of piperidine rings is 1. The van der Waals surface area contributed by atoms with Crippen LogP contribution in [0.5, 0.6) is 0 Å². The largest absolute Gasteiger partial charge is 0.378 e. The first kappa shape index (κ1) is 17.4. The predicted octanol–water partition coefficient (Wildman–Crippen LogP) is 1.17. The Balaban J connectivity index is 1.90. The fraction of sp³-hybridized carbons (Fsp3) is 0.529. The summed E-state index contributed by atoms with van der Waals surface area (Å²) in [6.07, 6.45) is 1.50. The van der Waals surface area contributed by atoms with Crippen molar-refractivity contribution in [3.63, 3.8) is 0 Å². The Morgan fingerprint density at radius 1 is 1.43 bits per heavy atom. The van der Waals surface area contributed by atoms with Crippen LogP contribution in [-0.4, -0.2) is 47.1 Å². The number of halogens is 1. The van der Waals surface area contributed by atoms with Crippen molar-refractivity contribution >= 4 is 11.8 Å². The van der Waals surface area contributed by atoms with Crippen LogP contribution in [0.4, 0.5) is 4.39 Å². The highest BCUT2D eigenvalue weighted by Crippen LogP contribution is 2.21. The van der Waals surface area contributed by atoms with E-state index in [2.05, 4.69) is 5.32 Å². The summed E-state index contributed by atoms with van der Waals surface area (Å²) in [5, 5.41) is 13.2. The molecule has 5 nitrogen and oxygen atoms in total. The van der Waals surface area contributed by atoms with Gasteiger partial charge in [0.25, 0.3) is 5.91 Å². The maximum atomic E-state index is 13.1. The molecule has 1 aromatic carbocycles. The quantitative estimate of drug-likeness (QED) is 0.874. The molecule has 0 saturated carbocycles. The summed E-state index contributed by atoms with van der Waals surface area (Å²) in [5.74, 6) is -0.878. The van der Waals surface area contributed by atoms with Crippen molar-refractivity contribution in [3.8, 4) is 0 Å². The Hall–Kier alpha value is -1.95. The molecule has 2 amide bonds. The van der Waals surface area contributed by atoms with Crippen molar-refractivity contribution in [2.45, 2.75) is 38.7 Å². The molecule has 2 N–H and O–H groups in total. The molecule has 0 spiro atoms. The van der Waals surface area contributed by atoms with Crippen LogP contribution in [0.15, 0.2) is 18.2 Å². The van der Waals surface area contributed by atoms with Gasteiger partial charge in [-0.15, -0.1) is 0 Å². The number of rotatable bonds is 4. The Bertz CT molecular complexity index is 606. The molecule has 0 unspecified atom stereocenters. The number of nitrogens with zero attached hydrogens (tertiary/aromatic N) is 1. The zero-order valence-corrected chi connectivity index (χ0v) is 13.6. The number of likely N-dealkylation sites (tertiary alicyclic amines) is 1. The van der Waals surface area contributed by atoms with Crippen LogP contribution >= 0.6 is 0 Å². The van der Waals surface area contributed by atoms with Gasteiger partial charge >= 0.3 is 0 Å². The van der Waals surface area contributed by atoms with Crippen molar-refractivity contribution < 1.29 is 19.1 Å². The van der Waals surface area contributed by atoms with Gasteiger partial charge in [0.2, 0.25) is 5.91 Å². The van der Waals surface area contributed by atoms with Crippen LogP contribution in [-0.2, 0) is 16.0 Å². The van der Waals surface area contributed by atoms with Gasteiger partial charge in [-0.25, -0.2) is 4.39 Å². The molecule has 1 fully saturated rings. The SMILES string of the molecule is CC(=O)N1CCC[C@@](O)(C(=O)NCCc2ccc(F)cc2C)C1. The van der Waals surface area contributed by atoms with Crippen molar-refractivity contribution in [1.29, 1.82) is 0 Å². The smallest absolute Gasteiger partial charge is 0.253 e. The molecule has 6 heteroatoms. The highest BCUT2D eigenvalue weighted by Gasteiger charge is 2.40. The molecule has 1 saturated heterocycles. The number of carbonyl (C=O) groups is 2. The Labute approximate surface area is 135 Å². The summed E-state index contributed by atoms with van der Waals surface area (Å²) in [6.45, 7) is 4.21. The van der Waals surface area contributed by atoms with Crippen LogP contribution in [0.3, 0.4) is 0 Å². The first-order valence-electron chi connectivity index (χ1n) is 7.83. The lowest BCUT2D eigenvalue weighted by molar-refractivity contribution is -0.150. The van der Waals surface area contributed by atoms with E-state index in [1.54, 1.807) is 6.07 Å². The van der Waals surface area contributed by atoms with Crippen LogP contribution in [0.25, 0.3) is 0 Å². The maximum Gasteiger partial charge on any atom is 0.253 e. The molecule has 1 aliphatic heterocycles. The average Bonchev–Trinajstić information content (AvgIpc) is 2.49. The number of β-amino-alcohol motifs (C(OH)–C–C–N with tert-alkyl or cyclic N) is 1. The molecular formula is C17H23FN2O3. The molecule has 1 heterocycles. The molecule has 23 heavy (non-hydrogen) atoms. The number of carbonyl (C=O) groups excluding carboxylic acids is 2. The molecule has 2 rings (SSSR count). The van der Waals surface area contributed by atoms with E-state index in [-0.39, 0.29) is 18.3 Å². The van der Waals surface area contributed by atoms with Crippen molar-refractivity contribution in [3.05, 3.63) is 35.1 Å². The summed E-state index contributed by atoms with van der Waals surface area (Å²) < 4.78 is 13.1. The topological polar surface area (TPSA) is 69.6 Å². The molecule has 1 aliphatic rings. The maximum absolute atomic E-state index is 13.1. The van der Waals surface area contributed by atoms with Gasteiger partial charge < -0.3 is 15.3 Å². The average molecular weight is 322 g/mol. The van der Waals surface area contributed by atoms with Crippen molar-refractivity contribution in [2.75, 3.05) is 19.6 Å². The van der Waals surface area contributed by atoms with Crippen LogP contribution in [0.2, 0.25) is 0 Å². The third-order valence-electron chi connectivity index (χ3n) is 4.32. The molecule has 126 valence electrons. The number of aryl methyl sites for hydroxylation is 1. The van der Waals surface area contributed by atoms with E-state index < -0.39 is 11.5 Å². The zero-order valence-electron chi connectivity index (χ0n) is 13.6. The molecule has 1 aromatic rings. The summed E-state index contributed by atoms with van der Waals surface area (Å²) in [6, 6.07) is 4.55. The Morgan fingerprint density at radius 3 is 2.83 bits per heavy atom. The van der Waals surface area contributed by atoms with Gasteiger partial charge in [0.05, 0.1) is 6.54 Å². The predicted molar refractivity (Wildman–Crippen MR) is 84.3 cm³/mol. The van der Waals surface area contributed by atoms with E-state index >= 15 is 0 Å². The third kappa shape index (κ3) is 4.28. The van der Waals surface area contributed by atoms with E-state index in [1.165, 1.54) is 24.0 Å². The fourth-order valence-corrected chi connectivity index (χ4v) is 2.91. The van der Waals surface area contributed by atoms with Gasteiger partial charge in [0.1, 0.15) is 5.82 Å². The Kier molecular flexibility index (Phi) is 5.36. The first-order valence-corrected chi connectivity index (χ1v) is 7.83. The van der Waals surface area contributed by atoms with Gasteiger partial charge in [-0.05, 0) is 49.4 Å². The number of nitrogens with one attached hydrogen (secondary N) is 1. The minimum atomic E-state index is -1.53. The van der Waals surface area contributed by atoms with Crippen molar-refractivity contribution in [1.82, 2.24) is 10.2 Å². The van der Waals surface area contributed by atoms with E-state index in [0.29, 0.717) is 32.4 Å². The minimum Gasteiger partial charge on any atom is -0.378 e. The van der Waals surface area contributed by atoms with Gasteiger partial charge in [0.15, 0.2) is 5.60 Å². The lowest BCUT2D eigenvalue weighted by Gasteiger charge is -2.37. The number of aliphatic hydroxyl groups is 1. The number of amides is 2. The third-order valence-corrected chi connectivity index (χ3v) is 4.32. The number of hydrogen-bond donors (Lipinski definition) is 2. The minimum absolute atomic E-state index is 0.0315. The summed E-state index contributed by atoms with van der Waals surface area (Å²) in [7, 11) is 0. The van der Waals surface area contributed by atoms with E-state index in [0.717, 1.165) is 11.1 Å². The van der Waals surface area contributed by atoms with Gasteiger partial charge in [-0.1, -0.05) is 6.07 Å². The molecule has 0 aromatic heterocycles. The first-order chi connectivity index (χ1) is 10.8. The summed E-state index contributed by atoms with van der Waals surface area (Å²) in [5.41, 5.74) is 0.257. The second kappa shape index (κ2) is 7.08. The summed E-state index contributed by atoms with van der Waals surface area (Å²) >= 11 is 0. The number of hydrogen-bond acceptors (Lipinski definition) is 3. The molecule has 1 atom stereocenters. The van der Waals surface area contributed by atoms with Gasteiger partial charge in [-0.2, -0.15) is 0 Å². The molecule has 0 aliphatic carbocycles. The van der Waals surface area contributed by atoms with Crippen LogP contribution in [0.1, 0.15) is 30.9 Å².